The summed E-state index contributed by atoms with van der Waals surface area (Å²) in [5.74, 6) is 0.116. The van der Waals surface area contributed by atoms with Crippen LogP contribution in [0.1, 0.15) is 16.1 Å². The molecule has 3 heterocycles. The molecule has 0 fully saturated rings. The van der Waals surface area contributed by atoms with Gasteiger partial charge in [0, 0.05) is 18.0 Å². The topological polar surface area (TPSA) is 89.9 Å². The summed E-state index contributed by atoms with van der Waals surface area (Å²) < 4.78 is 6.05. The fourth-order valence-electron chi connectivity index (χ4n) is 2.27. The predicted molar refractivity (Wildman–Crippen MR) is 99.3 cm³/mol. The molecule has 0 saturated carbocycles. The number of nitrogens with one attached hydrogen (secondary N) is 1. The van der Waals surface area contributed by atoms with Crippen LogP contribution < -0.4 is 10.1 Å². The number of amides is 1. The lowest BCUT2D eigenvalue weighted by molar-refractivity contribution is 0.102. The summed E-state index contributed by atoms with van der Waals surface area (Å²) in [5.41, 5.74) is 2.27. The Morgan fingerprint density at radius 3 is 2.80 bits per heavy atom. The van der Waals surface area contributed by atoms with Crippen molar-refractivity contribution < 1.29 is 9.53 Å². The lowest BCUT2D eigenvalue weighted by atomic mass is 9.99. The molecule has 128 valence electrons. The van der Waals surface area contributed by atoms with E-state index >= 15 is 0 Å². The summed E-state index contributed by atoms with van der Waals surface area (Å²) in [7, 11) is 1.53. The zero-order chi connectivity index (χ0) is 18.0. The van der Waals surface area contributed by atoms with E-state index in [1.807, 2.05) is 0 Å². The Labute approximate surface area is 160 Å². The highest BCUT2D eigenvalue weighted by molar-refractivity contribution is 9.11. The highest BCUT2D eigenvalue weighted by Gasteiger charge is 2.21. The molecule has 25 heavy (non-hydrogen) atoms. The fraction of sp³-hybridized carbons (Fsp3) is 0.133. The molecule has 0 saturated heterocycles. The number of ether oxygens (including phenoxy) is 1. The molecule has 1 N–H and O–H groups in total. The first-order valence-corrected chi connectivity index (χ1v) is 8.94. The molecule has 0 aliphatic carbocycles. The lowest BCUT2D eigenvalue weighted by Gasteiger charge is -2.15. The maximum Gasteiger partial charge on any atom is 0.259 e. The SMILES string of the molecule is COc1c(C)ncc(C(=O)Nc2nnc(Br)s2)c1-c1ccnc(Cl)c1. The van der Waals surface area contributed by atoms with Crippen molar-refractivity contribution in [1.29, 1.82) is 0 Å². The highest BCUT2D eigenvalue weighted by atomic mass is 79.9. The van der Waals surface area contributed by atoms with Crippen molar-refractivity contribution >= 4 is 49.9 Å². The van der Waals surface area contributed by atoms with Gasteiger partial charge in [-0.2, -0.15) is 0 Å². The highest BCUT2D eigenvalue weighted by Crippen LogP contribution is 2.36. The maximum absolute atomic E-state index is 12.8. The molecular weight excluding hydrogens is 430 g/mol. The molecule has 0 spiro atoms. The van der Waals surface area contributed by atoms with E-state index in [0.717, 1.165) is 0 Å². The Balaban J connectivity index is 2.11. The Morgan fingerprint density at radius 2 is 2.16 bits per heavy atom. The van der Waals surface area contributed by atoms with Crippen LogP contribution in [0.15, 0.2) is 28.4 Å². The van der Waals surface area contributed by atoms with Gasteiger partial charge in [0.25, 0.3) is 5.91 Å². The summed E-state index contributed by atoms with van der Waals surface area (Å²) in [6.07, 6.45) is 3.06. The number of methoxy groups -OCH3 is 1. The van der Waals surface area contributed by atoms with E-state index < -0.39 is 0 Å². The van der Waals surface area contributed by atoms with Crippen molar-refractivity contribution in [2.24, 2.45) is 0 Å². The second kappa shape index (κ2) is 7.42. The van der Waals surface area contributed by atoms with Gasteiger partial charge >= 0.3 is 0 Å². The van der Waals surface area contributed by atoms with Crippen molar-refractivity contribution in [2.75, 3.05) is 12.4 Å². The second-order valence-electron chi connectivity index (χ2n) is 4.85. The summed E-state index contributed by atoms with van der Waals surface area (Å²) in [6, 6.07) is 3.42. The lowest BCUT2D eigenvalue weighted by Crippen LogP contribution is -2.14. The zero-order valence-electron chi connectivity index (χ0n) is 13.1. The molecule has 3 aromatic rings. The minimum absolute atomic E-state index is 0.313. The Morgan fingerprint density at radius 1 is 1.36 bits per heavy atom. The number of nitrogens with zero attached hydrogens (tertiary/aromatic N) is 4. The van der Waals surface area contributed by atoms with Crippen LogP contribution in [0.25, 0.3) is 11.1 Å². The van der Waals surface area contributed by atoms with E-state index in [2.05, 4.69) is 41.4 Å². The number of carbonyl (C=O) groups excluding carboxylic acids is 1. The fourth-order valence-corrected chi connectivity index (χ4v) is 3.45. The molecular formula is C15H11BrClN5O2S. The van der Waals surface area contributed by atoms with Gasteiger partial charge in [-0.25, -0.2) is 4.98 Å². The van der Waals surface area contributed by atoms with Gasteiger partial charge in [-0.3, -0.25) is 15.1 Å². The monoisotopic (exact) mass is 439 g/mol. The summed E-state index contributed by atoms with van der Waals surface area (Å²) in [4.78, 5) is 21.0. The number of hydrogen-bond donors (Lipinski definition) is 1. The number of carbonyl (C=O) groups is 1. The van der Waals surface area contributed by atoms with Crippen molar-refractivity contribution in [1.82, 2.24) is 20.2 Å². The van der Waals surface area contributed by atoms with Crippen LogP contribution in [-0.4, -0.2) is 33.2 Å². The molecule has 0 bridgehead atoms. The van der Waals surface area contributed by atoms with Gasteiger partial charge in [0.1, 0.15) is 10.9 Å². The number of pyridine rings is 2. The maximum atomic E-state index is 12.8. The standard InChI is InChI=1S/C15H11BrClN5O2S/c1-7-12(24-2)11(8-3-4-18-10(17)5-8)9(6-19-7)13(23)20-15-22-21-14(16)25-15/h3-6H,1-2H3,(H,20,22,23). The minimum Gasteiger partial charge on any atom is -0.494 e. The first-order valence-electron chi connectivity index (χ1n) is 6.95. The van der Waals surface area contributed by atoms with Crippen LogP contribution in [0.2, 0.25) is 5.15 Å². The molecule has 10 heteroatoms. The van der Waals surface area contributed by atoms with E-state index in [9.17, 15) is 4.79 Å². The molecule has 0 aliphatic heterocycles. The first kappa shape index (κ1) is 17.7. The van der Waals surface area contributed by atoms with E-state index in [-0.39, 0.29) is 5.91 Å². The van der Waals surface area contributed by atoms with Gasteiger partial charge in [0.2, 0.25) is 5.13 Å². The van der Waals surface area contributed by atoms with Crippen LogP contribution >= 0.6 is 38.9 Å². The largest absolute Gasteiger partial charge is 0.494 e. The molecule has 1 amide bonds. The molecule has 3 aromatic heterocycles. The summed E-state index contributed by atoms with van der Waals surface area (Å²) in [6.45, 7) is 1.80. The van der Waals surface area contributed by atoms with Gasteiger partial charge < -0.3 is 4.74 Å². The normalized spacial score (nSPS) is 10.6. The molecule has 0 aliphatic rings. The van der Waals surface area contributed by atoms with Crippen LogP contribution in [0.3, 0.4) is 0 Å². The number of anilines is 1. The van der Waals surface area contributed by atoms with Crippen molar-refractivity contribution in [3.05, 3.63) is 44.9 Å². The molecule has 3 rings (SSSR count). The third-order valence-electron chi connectivity index (χ3n) is 3.30. The van der Waals surface area contributed by atoms with Gasteiger partial charge in [-0.15, -0.1) is 10.2 Å². The molecule has 0 atom stereocenters. The van der Waals surface area contributed by atoms with E-state index in [0.29, 0.717) is 42.3 Å². The number of hydrogen-bond acceptors (Lipinski definition) is 7. The quantitative estimate of drug-likeness (QED) is 0.617. The van der Waals surface area contributed by atoms with Crippen LogP contribution in [-0.2, 0) is 0 Å². The van der Waals surface area contributed by atoms with Crippen LogP contribution in [0.5, 0.6) is 5.75 Å². The minimum atomic E-state index is -0.377. The number of aryl methyl sites for hydroxylation is 1. The van der Waals surface area contributed by atoms with Crippen molar-refractivity contribution in [3.63, 3.8) is 0 Å². The van der Waals surface area contributed by atoms with E-state index in [1.165, 1.54) is 24.6 Å². The van der Waals surface area contributed by atoms with Gasteiger partial charge in [-0.1, -0.05) is 22.9 Å². The smallest absolute Gasteiger partial charge is 0.259 e. The van der Waals surface area contributed by atoms with E-state index in [1.54, 1.807) is 25.3 Å². The third kappa shape index (κ3) is 3.78. The Bertz CT molecular complexity index is 949. The third-order valence-corrected chi connectivity index (χ3v) is 4.78. The average molecular weight is 441 g/mol. The molecule has 0 radical (unpaired) electrons. The van der Waals surface area contributed by atoms with E-state index in [4.69, 9.17) is 16.3 Å². The summed E-state index contributed by atoms with van der Waals surface area (Å²) >= 11 is 10.4. The van der Waals surface area contributed by atoms with Crippen LogP contribution in [0.4, 0.5) is 5.13 Å². The zero-order valence-corrected chi connectivity index (χ0v) is 16.2. The number of aromatic nitrogens is 4. The van der Waals surface area contributed by atoms with Gasteiger partial charge in [0.05, 0.1) is 18.4 Å². The van der Waals surface area contributed by atoms with Gasteiger partial charge in [-0.05, 0) is 40.5 Å². The van der Waals surface area contributed by atoms with Crippen LogP contribution in [0, 0.1) is 6.92 Å². The van der Waals surface area contributed by atoms with Crippen molar-refractivity contribution in [3.8, 4) is 16.9 Å². The number of rotatable bonds is 4. The molecule has 0 unspecified atom stereocenters. The van der Waals surface area contributed by atoms with Gasteiger partial charge in [0.15, 0.2) is 3.92 Å². The molecule has 7 nitrogen and oxygen atoms in total. The Kier molecular flexibility index (Phi) is 5.26. The number of halogens is 2. The average Bonchev–Trinajstić information content (AvgIpc) is 2.99. The first-order chi connectivity index (χ1) is 12.0. The Hall–Kier alpha value is -2.10. The predicted octanol–water partition coefficient (Wildman–Crippen LogP) is 3.98. The van der Waals surface area contributed by atoms with Crippen molar-refractivity contribution in [2.45, 2.75) is 6.92 Å². The molecule has 0 aromatic carbocycles. The second-order valence-corrected chi connectivity index (χ2v) is 7.49. The summed E-state index contributed by atoms with van der Waals surface area (Å²) in [5, 5.41) is 11.1.